The van der Waals surface area contributed by atoms with Gasteiger partial charge in [0, 0.05) is 11.0 Å². The average molecular weight is 236 g/mol. The fourth-order valence-corrected chi connectivity index (χ4v) is 1.71. The van der Waals surface area contributed by atoms with Gasteiger partial charge in [0.15, 0.2) is 0 Å². The van der Waals surface area contributed by atoms with E-state index in [-0.39, 0.29) is 5.46 Å². The summed E-state index contributed by atoms with van der Waals surface area (Å²) in [5, 5.41) is 18.8. The molecule has 0 saturated heterocycles. The van der Waals surface area contributed by atoms with Crippen molar-refractivity contribution in [3.05, 3.63) is 36.3 Å². The molecule has 17 heavy (non-hydrogen) atoms. The molecule has 1 heterocycles. The van der Waals surface area contributed by atoms with Crippen molar-refractivity contribution in [3.63, 3.8) is 0 Å². The predicted octanol–water partition coefficient (Wildman–Crippen LogP) is 0.282. The third-order valence-corrected chi connectivity index (χ3v) is 2.37. The van der Waals surface area contributed by atoms with Crippen LogP contribution in [0.4, 0.5) is 0 Å². The zero-order valence-electron chi connectivity index (χ0n) is 9.37. The fraction of sp³-hybridized carbons (Fsp3) is 0.273. The Morgan fingerprint density at radius 2 is 2.00 bits per heavy atom. The van der Waals surface area contributed by atoms with Gasteiger partial charge in [0.1, 0.15) is 18.3 Å². The summed E-state index contributed by atoms with van der Waals surface area (Å²) in [7, 11) is -1.64. The minimum atomic E-state index is -1.64. The first-order chi connectivity index (χ1) is 8.24. The van der Waals surface area contributed by atoms with Crippen LogP contribution in [0.3, 0.4) is 0 Å². The average Bonchev–Trinajstić information content (AvgIpc) is 2.82. The summed E-state index contributed by atoms with van der Waals surface area (Å²) >= 11 is 0. The van der Waals surface area contributed by atoms with Gasteiger partial charge in [-0.3, -0.25) is 0 Å². The van der Waals surface area contributed by atoms with E-state index in [4.69, 9.17) is 14.2 Å². The lowest BCUT2D eigenvalue weighted by molar-refractivity contribution is -0.0240. The molecule has 0 aliphatic carbocycles. The van der Waals surface area contributed by atoms with Crippen molar-refractivity contribution < 1.29 is 24.3 Å². The second-order valence-corrected chi connectivity index (χ2v) is 3.44. The second-order valence-electron chi connectivity index (χ2n) is 3.44. The molecule has 6 heteroatoms. The van der Waals surface area contributed by atoms with Crippen molar-refractivity contribution >= 4 is 12.6 Å². The number of ether oxygens (including phenoxy) is 3. The highest BCUT2D eigenvalue weighted by Crippen LogP contribution is 2.25. The van der Waals surface area contributed by atoms with E-state index in [1.807, 2.05) is 6.92 Å². The number of rotatable bonds is 4. The van der Waals surface area contributed by atoms with Crippen LogP contribution in [0.25, 0.3) is 0 Å². The van der Waals surface area contributed by atoms with E-state index in [1.54, 1.807) is 18.2 Å². The van der Waals surface area contributed by atoms with Crippen molar-refractivity contribution in [1.82, 2.24) is 0 Å². The topological polar surface area (TPSA) is 68.2 Å². The Bertz CT molecular complexity index is 410. The molecular formula is C11H13BO5. The smallest absolute Gasteiger partial charge is 0.492 e. The number of benzene rings is 1. The van der Waals surface area contributed by atoms with Crippen molar-refractivity contribution in [3.8, 4) is 5.75 Å². The first kappa shape index (κ1) is 11.8. The van der Waals surface area contributed by atoms with Gasteiger partial charge in [0.25, 0.3) is 6.29 Å². The van der Waals surface area contributed by atoms with Crippen LogP contribution >= 0.6 is 0 Å². The number of hydrogen-bond donors (Lipinski definition) is 2. The van der Waals surface area contributed by atoms with Gasteiger partial charge < -0.3 is 24.3 Å². The van der Waals surface area contributed by atoms with Gasteiger partial charge in [-0.25, -0.2) is 0 Å². The molecule has 0 aromatic heterocycles. The van der Waals surface area contributed by atoms with E-state index in [1.165, 1.54) is 12.5 Å². The molecule has 0 unspecified atom stereocenters. The summed E-state index contributed by atoms with van der Waals surface area (Å²) < 4.78 is 15.7. The Hall–Kier alpha value is -1.66. The van der Waals surface area contributed by atoms with E-state index >= 15 is 0 Å². The first-order valence-electron chi connectivity index (χ1n) is 5.31. The van der Waals surface area contributed by atoms with Crippen LogP contribution in [0.15, 0.2) is 30.7 Å². The third kappa shape index (κ3) is 2.37. The van der Waals surface area contributed by atoms with Crippen molar-refractivity contribution in [2.24, 2.45) is 0 Å². The maximum absolute atomic E-state index is 9.42. The van der Waals surface area contributed by atoms with Gasteiger partial charge >= 0.3 is 7.12 Å². The van der Waals surface area contributed by atoms with E-state index < -0.39 is 13.4 Å². The first-order valence-corrected chi connectivity index (χ1v) is 5.31. The molecule has 5 nitrogen and oxygen atoms in total. The summed E-state index contributed by atoms with van der Waals surface area (Å²) in [6, 6.07) is 5.12. The van der Waals surface area contributed by atoms with Crippen molar-refractivity contribution in [1.29, 1.82) is 0 Å². The zero-order chi connectivity index (χ0) is 12.3. The monoisotopic (exact) mass is 236 g/mol. The highest BCUT2D eigenvalue weighted by molar-refractivity contribution is 6.60. The number of hydrogen-bond acceptors (Lipinski definition) is 5. The molecule has 2 rings (SSSR count). The molecule has 0 spiro atoms. The van der Waals surface area contributed by atoms with Gasteiger partial charge in [0.05, 0.1) is 6.61 Å². The largest absolute Gasteiger partial charge is 0.494 e. The predicted molar refractivity (Wildman–Crippen MR) is 61.5 cm³/mol. The summed E-state index contributed by atoms with van der Waals surface area (Å²) in [5.74, 6) is 0.416. The molecule has 0 saturated carbocycles. The Kier molecular flexibility index (Phi) is 3.56. The molecule has 0 radical (unpaired) electrons. The van der Waals surface area contributed by atoms with Crippen LogP contribution in [0.1, 0.15) is 18.8 Å². The molecule has 0 amide bonds. The second kappa shape index (κ2) is 5.12. The minimum absolute atomic E-state index is 0.267. The normalized spacial score (nSPS) is 14.3. The van der Waals surface area contributed by atoms with E-state index in [0.29, 0.717) is 17.9 Å². The third-order valence-electron chi connectivity index (χ3n) is 2.37. The molecule has 0 bridgehead atoms. The highest BCUT2D eigenvalue weighted by Gasteiger charge is 2.28. The molecule has 0 atom stereocenters. The van der Waals surface area contributed by atoms with Crippen LogP contribution in [0.5, 0.6) is 5.75 Å². The fourth-order valence-electron chi connectivity index (χ4n) is 1.71. The molecule has 1 aromatic rings. The Balaban J connectivity index is 2.39. The van der Waals surface area contributed by atoms with Gasteiger partial charge in [-0.2, -0.15) is 0 Å². The van der Waals surface area contributed by atoms with Crippen LogP contribution in [0, 0.1) is 0 Å². The Morgan fingerprint density at radius 1 is 1.29 bits per heavy atom. The lowest BCUT2D eigenvalue weighted by Gasteiger charge is -2.17. The minimum Gasteiger partial charge on any atom is -0.494 e. The van der Waals surface area contributed by atoms with E-state index in [9.17, 15) is 10.0 Å². The Morgan fingerprint density at radius 3 is 2.59 bits per heavy atom. The SMILES string of the molecule is CCOc1cccc(C2OC=CO2)c1B(O)O. The summed E-state index contributed by atoms with van der Waals surface area (Å²) in [6.07, 6.45) is 2.16. The lowest BCUT2D eigenvalue weighted by Crippen LogP contribution is -2.35. The summed E-state index contributed by atoms with van der Waals surface area (Å²) in [5.41, 5.74) is 0.805. The zero-order valence-corrected chi connectivity index (χ0v) is 9.37. The highest BCUT2D eigenvalue weighted by atomic mass is 16.7. The molecule has 1 aliphatic heterocycles. The maximum Gasteiger partial charge on any atom is 0.492 e. The molecule has 1 aliphatic rings. The quantitative estimate of drug-likeness (QED) is 0.735. The molecule has 0 fully saturated rings. The van der Waals surface area contributed by atoms with Crippen LogP contribution in [0.2, 0.25) is 0 Å². The van der Waals surface area contributed by atoms with Gasteiger partial charge in [-0.15, -0.1) is 0 Å². The lowest BCUT2D eigenvalue weighted by atomic mass is 9.76. The van der Waals surface area contributed by atoms with Gasteiger partial charge in [0.2, 0.25) is 0 Å². The summed E-state index contributed by atoms with van der Waals surface area (Å²) in [6.45, 7) is 2.26. The van der Waals surface area contributed by atoms with Gasteiger partial charge in [-0.1, -0.05) is 12.1 Å². The van der Waals surface area contributed by atoms with Gasteiger partial charge in [-0.05, 0) is 13.0 Å². The van der Waals surface area contributed by atoms with Crippen LogP contribution in [-0.4, -0.2) is 23.8 Å². The molecule has 2 N–H and O–H groups in total. The Labute approximate surface area is 99.4 Å². The summed E-state index contributed by atoms with van der Waals surface area (Å²) in [4.78, 5) is 0. The van der Waals surface area contributed by atoms with E-state index in [2.05, 4.69) is 0 Å². The standard InChI is InChI=1S/C11H13BO5/c1-2-15-9-5-3-4-8(10(9)12(13)14)11-16-6-7-17-11/h3-7,11,13-14H,2H2,1H3. The molecular weight excluding hydrogens is 223 g/mol. The van der Waals surface area contributed by atoms with Crippen LogP contribution in [-0.2, 0) is 9.47 Å². The maximum atomic E-state index is 9.42. The van der Waals surface area contributed by atoms with Crippen LogP contribution < -0.4 is 10.2 Å². The molecule has 1 aromatic carbocycles. The molecule has 90 valence electrons. The van der Waals surface area contributed by atoms with E-state index in [0.717, 1.165) is 0 Å². The van der Waals surface area contributed by atoms with Crippen molar-refractivity contribution in [2.45, 2.75) is 13.2 Å². The van der Waals surface area contributed by atoms with Crippen molar-refractivity contribution in [2.75, 3.05) is 6.61 Å².